The highest BCUT2D eigenvalue weighted by Crippen LogP contribution is 2.22. The summed E-state index contributed by atoms with van der Waals surface area (Å²) in [6, 6.07) is 17.7. The molecule has 29 heavy (non-hydrogen) atoms. The summed E-state index contributed by atoms with van der Waals surface area (Å²) in [5.74, 6) is 0.0156. The molecule has 3 rings (SSSR count). The van der Waals surface area contributed by atoms with E-state index in [9.17, 15) is 9.59 Å². The molecule has 0 N–H and O–H groups in total. The van der Waals surface area contributed by atoms with Crippen molar-refractivity contribution in [1.82, 2.24) is 4.90 Å². The average molecular weight is 395 g/mol. The van der Waals surface area contributed by atoms with E-state index in [0.717, 1.165) is 24.9 Å². The zero-order valence-electron chi connectivity index (χ0n) is 17.5. The van der Waals surface area contributed by atoms with Crippen molar-refractivity contribution in [3.63, 3.8) is 0 Å². The molecule has 0 saturated carbocycles. The van der Waals surface area contributed by atoms with Gasteiger partial charge in [-0.1, -0.05) is 36.4 Å². The van der Waals surface area contributed by atoms with Crippen LogP contribution in [0.2, 0.25) is 0 Å². The molecule has 0 spiro atoms. The first-order chi connectivity index (χ1) is 13.9. The highest BCUT2D eigenvalue weighted by Gasteiger charge is 2.28. The number of hydrogen-bond acceptors (Lipinski definition) is 4. The highest BCUT2D eigenvalue weighted by molar-refractivity contribution is 5.93. The molecule has 5 heteroatoms. The van der Waals surface area contributed by atoms with E-state index in [4.69, 9.17) is 4.74 Å². The molecule has 1 fully saturated rings. The molecule has 0 bridgehead atoms. The lowest BCUT2D eigenvalue weighted by Gasteiger charge is -2.33. The van der Waals surface area contributed by atoms with E-state index < -0.39 is 12.1 Å². The molecule has 154 valence electrons. The Kier molecular flexibility index (Phi) is 6.91. The predicted molar refractivity (Wildman–Crippen MR) is 115 cm³/mol. The normalized spacial score (nSPS) is 15.6. The summed E-state index contributed by atoms with van der Waals surface area (Å²) in [6.45, 7) is 3.09. The summed E-state index contributed by atoms with van der Waals surface area (Å²) < 4.78 is 5.46. The van der Waals surface area contributed by atoms with Crippen LogP contribution in [0.1, 0.15) is 35.7 Å². The maximum Gasteiger partial charge on any atom is 0.338 e. The van der Waals surface area contributed by atoms with Crippen LogP contribution in [-0.2, 0) is 16.0 Å². The summed E-state index contributed by atoms with van der Waals surface area (Å²) in [4.78, 5) is 29.0. The van der Waals surface area contributed by atoms with Gasteiger partial charge in [0.2, 0.25) is 0 Å². The number of anilines is 1. The Labute approximate surface area is 173 Å². The van der Waals surface area contributed by atoms with Gasteiger partial charge in [-0.15, -0.1) is 0 Å². The molecule has 5 nitrogen and oxygen atoms in total. The molecule has 0 radical (unpaired) electrons. The average Bonchev–Trinajstić information content (AvgIpc) is 2.74. The molecule has 0 aliphatic carbocycles. The molecule has 0 aromatic heterocycles. The van der Waals surface area contributed by atoms with Crippen LogP contribution in [0.15, 0.2) is 54.6 Å². The number of hydrogen-bond donors (Lipinski definition) is 0. The van der Waals surface area contributed by atoms with Crippen LogP contribution in [0.25, 0.3) is 0 Å². The fourth-order valence-corrected chi connectivity index (χ4v) is 3.75. The third kappa shape index (κ3) is 5.59. The number of likely N-dealkylation sites (tertiary alicyclic amines) is 1. The number of piperidine rings is 1. The molecule has 1 aliphatic heterocycles. The molecule has 1 amide bonds. The van der Waals surface area contributed by atoms with Crippen molar-refractivity contribution < 1.29 is 14.3 Å². The van der Waals surface area contributed by atoms with Crippen LogP contribution >= 0.6 is 0 Å². The lowest BCUT2D eigenvalue weighted by molar-refractivity contribution is -0.141. The largest absolute Gasteiger partial charge is 0.449 e. The zero-order valence-corrected chi connectivity index (χ0v) is 17.5. The minimum Gasteiger partial charge on any atom is -0.449 e. The standard InChI is InChI=1S/C24H30N2O3/c1-18(29-24(28)21-10-7-11-22(17-21)25(2)3)23(27)26-14-12-20(13-15-26)16-19-8-5-4-6-9-19/h4-11,17-18,20H,12-16H2,1-3H3. The number of benzene rings is 2. The third-order valence-electron chi connectivity index (χ3n) is 5.52. The van der Waals surface area contributed by atoms with E-state index in [-0.39, 0.29) is 5.91 Å². The van der Waals surface area contributed by atoms with E-state index in [0.29, 0.717) is 24.6 Å². The summed E-state index contributed by atoms with van der Waals surface area (Å²) in [7, 11) is 3.83. The van der Waals surface area contributed by atoms with Crippen LogP contribution in [-0.4, -0.2) is 50.1 Å². The van der Waals surface area contributed by atoms with Crippen LogP contribution < -0.4 is 4.90 Å². The van der Waals surface area contributed by atoms with Gasteiger partial charge in [0.05, 0.1) is 5.56 Å². The Bertz CT molecular complexity index is 827. The second-order valence-electron chi connectivity index (χ2n) is 7.95. The van der Waals surface area contributed by atoms with Gasteiger partial charge in [0.1, 0.15) is 0 Å². The Morgan fingerprint density at radius 2 is 1.76 bits per heavy atom. The van der Waals surface area contributed by atoms with Crippen molar-refractivity contribution in [3.05, 3.63) is 65.7 Å². The first-order valence-corrected chi connectivity index (χ1v) is 10.2. The molecule has 2 aromatic carbocycles. The van der Waals surface area contributed by atoms with Crippen molar-refractivity contribution in [2.75, 3.05) is 32.1 Å². The Hall–Kier alpha value is -2.82. The van der Waals surface area contributed by atoms with Crippen LogP contribution in [0.4, 0.5) is 5.69 Å². The predicted octanol–water partition coefficient (Wildman–Crippen LogP) is 3.78. The fraction of sp³-hybridized carbons (Fsp3) is 0.417. The monoisotopic (exact) mass is 394 g/mol. The van der Waals surface area contributed by atoms with Crippen LogP contribution in [0.3, 0.4) is 0 Å². The molecule has 1 aliphatic rings. The first-order valence-electron chi connectivity index (χ1n) is 10.2. The van der Waals surface area contributed by atoms with Gasteiger partial charge < -0.3 is 14.5 Å². The lowest BCUT2D eigenvalue weighted by atomic mass is 9.90. The minimum absolute atomic E-state index is 0.111. The van der Waals surface area contributed by atoms with E-state index in [1.165, 1.54) is 5.56 Å². The first kappa shape index (κ1) is 20.9. The second kappa shape index (κ2) is 9.59. The molecule has 1 heterocycles. The third-order valence-corrected chi connectivity index (χ3v) is 5.52. The van der Waals surface area contributed by atoms with Crippen molar-refractivity contribution >= 4 is 17.6 Å². The highest BCUT2D eigenvalue weighted by atomic mass is 16.5. The van der Waals surface area contributed by atoms with Gasteiger partial charge in [0.25, 0.3) is 5.91 Å². The number of carbonyl (C=O) groups is 2. The summed E-state index contributed by atoms with van der Waals surface area (Å²) in [5.41, 5.74) is 2.72. The number of rotatable bonds is 6. The van der Waals surface area contributed by atoms with Gasteiger partial charge >= 0.3 is 5.97 Å². The van der Waals surface area contributed by atoms with E-state index >= 15 is 0 Å². The summed E-state index contributed by atoms with van der Waals surface area (Å²) >= 11 is 0. The van der Waals surface area contributed by atoms with E-state index in [2.05, 4.69) is 24.3 Å². The van der Waals surface area contributed by atoms with Gasteiger partial charge in [-0.05, 0) is 55.9 Å². The molecular weight excluding hydrogens is 364 g/mol. The quantitative estimate of drug-likeness (QED) is 0.700. The minimum atomic E-state index is -0.781. The van der Waals surface area contributed by atoms with Gasteiger partial charge in [-0.25, -0.2) is 4.79 Å². The summed E-state index contributed by atoms with van der Waals surface area (Å²) in [5, 5.41) is 0. The lowest BCUT2D eigenvalue weighted by Crippen LogP contribution is -2.44. The number of ether oxygens (including phenoxy) is 1. The summed E-state index contributed by atoms with van der Waals surface area (Å²) in [6.07, 6.45) is 2.23. The van der Waals surface area contributed by atoms with Gasteiger partial charge in [-0.3, -0.25) is 4.79 Å². The number of carbonyl (C=O) groups excluding carboxylic acids is 2. The van der Waals surface area contributed by atoms with Gasteiger partial charge in [0, 0.05) is 32.9 Å². The maximum absolute atomic E-state index is 12.7. The van der Waals surface area contributed by atoms with Crippen molar-refractivity contribution in [1.29, 1.82) is 0 Å². The van der Waals surface area contributed by atoms with Gasteiger partial charge in [-0.2, -0.15) is 0 Å². The van der Waals surface area contributed by atoms with E-state index in [1.807, 2.05) is 42.1 Å². The SMILES string of the molecule is CC(OC(=O)c1cccc(N(C)C)c1)C(=O)N1CCC(Cc2ccccc2)CC1. The number of esters is 1. The topological polar surface area (TPSA) is 49.9 Å². The van der Waals surface area contributed by atoms with Crippen molar-refractivity contribution in [2.24, 2.45) is 5.92 Å². The van der Waals surface area contributed by atoms with Crippen LogP contribution in [0.5, 0.6) is 0 Å². The second-order valence-corrected chi connectivity index (χ2v) is 7.95. The van der Waals surface area contributed by atoms with Crippen LogP contribution in [0, 0.1) is 5.92 Å². The molecule has 1 unspecified atom stereocenters. The molecular formula is C24H30N2O3. The molecule has 1 atom stereocenters. The van der Waals surface area contributed by atoms with Crippen molar-refractivity contribution in [3.8, 4) is 0 Å². The Morgan fingerprint density at radius 1 is 1.07 bits per heavy atom. The molecule has 2 aromatic rings. The maximum atomic E-state index is 12.7. The fourth-order valence-electron chi connectivity index (χ4n) is 3.75. The zero-order chi connectivity index (χ0) is 20.8. The van der Waals surface area contributed by atoms with Crippen molar-refractivity contribution in [2.45, 2.75) is 32.3 Å². The number of nitrogens with zero attached hydrogens (tertiary/aromatic N) is 2. The van der Waals surface area contributed by atoms with Gasteiger partial charge in [0.15, 0.2) is 6.10 Å². The number of amides is 1. The smallest absolute Gasteiger partial charge is 0.338 e. The molecule has 1 saturated heterocycles. The Balaban J connectivity index is 1.50. The Morgan fingerprint density at radius 3 is 2.41 bits per heavy atom. The van der Waals surface area contributed by atoms with E-state index in [1.54, 1.807) is 19.1 Å².